The fourth-order valence-electron chi connectivity index (χ4n) is 4.99. The van der Waals surface area contributed by atoms with E-state index in [-0.39, 0.29) is 0 Å². The molecule has 0 spiro atoms. The van der Waals surface area contributed by atoms with Crippen molar-refractivity contribution in [2.45, 2.75) is 37.5 Å². The number of likely N-dealkylation sites (tertiary alicyclic amines) is 1. The predicted molar refractivity (Wildman–Crippen MR) is 116 cm³/mol. The minimum Gasteiger partial charge on any atom is -0.374 e. The molecule has 2 nitrogen and oxygen atoms in total. The monoisotopic (exact) mass is 382 g/mol. The maximum atomic E-state index is 6.12. The van der Waals surface area contributed by atoms with E-state index in [9.17, 15) is 0 Å². The van der Waals surface area contributed by atoms with Gasteiger partial charge in [-0.05, 0) is 68.0 Å². The summed E-state index contributed by atoms with van der Waals surface area (Å²) in [5.74, 6) is 0.756. The fourth-order valence-corrected chi connectivity index (χ4v) is 5.12. The van der Waals surface area contributed by atoms with Crippen LogP contribution in [-0.2, 0) is 5.41 Å². The first-order valence-electron chi connectivity index (χ1n) is 10.4. The van der Waals surface area contributed by atoms with E-state index in [0.717, 1.165) is 17.5 Å². The quantitative estimate of drug-likeness (QED) is 0.640. The first kappa shape index (κ1) is 18.8. The van der Waals surface area contributed by atoms with Crippen LogP contribution in [0.4, 0.5) is 5.69 Å². The van der Waals surface area contributed by atoms with Crippen molar-refractivity contribution in [1.82, 2.24) is 4.90 Å². The van der Waals surface area contributed by atoms with Gasteiger partial charge in [0.25, 0.3) is 0 Å². The van der Waals surface area contributed by atoms with Crippen LogP contribution in [0.1, 0.15) is 37.7 Å². The van der Waals surface area contributed by atoms with E-state index in [1.54, 1.807) is 0 Å². The van der Waals surface area contributed by atoms with E-state index in [0.29, 0.717) is 5.41 Å². The molecule has 1 saturated heterocycles. The van der Waals surface area contributed by atoms with E-state index in [4.69, 9.17) is 11.6 Å². The maximum absolute atomic E-state index is 6.12. The summed E-state index contributed by atoms with van der Waals surface area (Å²) in [6.45, 7) is 4.84. The molecule has 2 aromatic rings. The van der Waals surface area contributed by atoms with Gasteiger partial charge in [-0.3, -0.25) is 0 Å². The number of rotatable bonds is 6. The third-order valence-corrected chi connectivity index (χ3v) is 6.88. The molecule has 3 heteroatoms. The summed E-state index contributed by atoms with van der Waals surface area (Å²) in [6, 6.07) is 19.4. The minimum absolute atomic E-state index is 0.359. The molecule has 4 rings (SSSR count). The minimum atomic E-state index is 0.359. The summed E-state index contributed by atoms with van der Waals surface area (Å²) < 4.78 is 0. The van der Waals surface area contributed by atoms with Crippen LogP contribution in [0, 0.1) is 5.92 Å². The number of nitrogens with zero attached hydrogens (tertiary/aromatic N) is 2. The zero-order chi connectivity index (χ0) is 18.7. The molecule has 2 fully saturated rings. The molecule has 0 radical (unpaired) electrons. The van der Waals surface area contributed by atoms with Crippen LogP contribution in [0.15, 0.2) is 54.6 Å². The highest BCUT2D eigenvalue weighted by atomic mass is 35.5. The largest absolute Gasteiger partial charge is 0.374 e. The fraction of sp³-hybridized carbons (Fsp3) is 0.500. The average molecular weight is 383 g/mol. The van der Waals surface area contributed by atoms with Gasteiger partial charge >= 0.3 is 0 Å². The summed E-state index contributed by atoms with van der Waals surface area (Å²) in [5.41, 5.74) is 3.17. The number of piperidine rings is 1. The lowest BCUT2D eigenvalue weighted by atomic mass is 9.64. The lowest BCUT2D eigenvalue weighted by Gasteiger charge is -2.47. The smallest absolute Gasteiger partial charge is 0.0406 e. The Kier molecular flexibility index (Phi) is 5.75. The number of anilines is 1. The van der Waals surface area contributed by atoms with Crippen molar-refractivity contribution in [2.24, 2.45) is 5.92 Å². The number of para-hydroxylation sites is 1. The molecule has 2 aliphatic rings. The molecule has 27 heavy (non-hydrogen) atoms. The third-order valence-electron chi connectivity index (χ3n) is 6.63. The standard InChI is InChI=1S/C24H31ClN2/c1-26(23-8-3-2-4-9-23)17-20-7-5-16-27(18-20)19-24(14-6-15-24)21-10-12-22(25)13-11-21/h2-4,8-13,20H,5-7,14-19H2,1H3/t20-/m0/s1. The Morgan fingerprint density at radius 2 is 1.78 bits per heavy atom. The molecule has 0 N–H and O–H groups in total. The molecular formula is C24H31ClN2. The Morgan fingerprint density at radius 3 is 2.44 bits per heavy atom. The Hall–Kier alpha value is -1.51. The van der Waals surface area contributed by atoms with Gasteiger partial charge in [0.2, 0.25) is 0 Å². The second-order valence-electron chi connectivity index (χ2n) is 8.60. The van der Waals surface area contributed by atoms with E-state index >= 15 is 0 Å². The molecule has 0 bridgehead atoms. The van der Waals surface area contributed by atoms with Gasteiger partial charge in [0.15, 0.2) is 0 Å². The number of benzene rings is 2. The number of halogens is 1. The highest BCUT2D eigenvalue weighted by molar-refractivity contribution is 6.30. The van der Waals surface area contributed by atoms with Crippen molar-refractivity contribution in [3.8, 4) is 0 Å². The zero-order valence-corrected chi connectivity index (χ0v) is 17.2. The van der Waals surface area contributed by atoms with E-state index < -0.39 is 0 Å². The molecule has 2 aromatic carbocycles. The molecule has 1 atom stereocenters. The van der Waals surface area contributed by atoms with Crippen LogP contribution in [0.25, 0.3) is 0 Å². The van der Waals surface area contributed by atoms with E-state index in [1.807, 2.05) is 0 Å². The van der Waals surface area contributed by atoms with Crippen LogP contribution >= 0.6 is 11.6 Å². The molecule has 1 aliphatic carbocycles. The number of hydrogen-bond donors (Lipinski definition) is 0. The van der Waals surface area contributed by atoms with Gasteiger partial charge in [-0.25, -0.2) is 0 Å². The molecule has 0 aromatic heterocycles. The Morgan fingerprint density at radius 1 is 1.04 bits per heavy atom. The molecule has 1 heterocycles. The lowest BCUT2D eigenvalue weighted by Crippen LogP contribution is -2.49. The topological polar surface area (TPSA) is 6.48 Å². The van der Waals surface area contributed by atoms with Crippen molar-refractivity contribution >= 4 is 17.3 Å². The third kappa shape index (κ3) is 4.33. The summed E-state index contributed by atoms with van der Waals surface area (Å²) >= 11 is 6.12. The molecule has 0 amide bonds. The second kappa shape index (κ2) is 8.24. The molecular weight excluding hydrogens is 352 g/mol. The zero-order valence-electron chi connectivity index (χ0n) is 16.4. The van der Waals surface area contributed by atoms with Gasteiger partial charge in [0.05, 0.1) is 0 Å². The molecule has 1 aliphatic heterocycles. The first-order valence-corrected chi connectivity index (χ1v) is 10.8. The summed E-state index contributed by atoms with van der Waals surface area (Å²) in [7, 11) is 2.23. The maximum Gasteiger partial charge on any atom is 0.0406 e. The van der Waals surface area contributed by atoms with Crippen molar-refractivity contribution in [1.29, 1.82) is 0 Å². The Balaban J connectivity index is 1.38. The summed E-state index contributed by atoms with van der Waals surface area (Å²) in [6.07, 6.45) is 6.67. The van der Waals surface area contributed by atoms with E-state index in [2.05, 4.69) is 71.4 Å². The van der Waals surface area contributed by atoms with Crippen LogP contribution < -0.4 is 4.90 Å². The highest BCUT2D eigenvalue weighted by Gasteiger charge is 2.40. The molecule has 0 unspecified atom stereocenters. The van der Waals surface area contributed by atoms with Gasteiger partial charge in [0, 0.05) is 42.8 Å². The van der Waals surface area contributed by atoms with Gasteiger partial charge in [-0.2, -0.15) is 0 Å². The first-order chi connectivity index (χ1) is 13.1. The van der Waals surface area contributed by atoms with Gasteiger partial charge in [0.1, 0.15) is 0 Å². The second-order valence-corrected chi connectivity index (χ2v) is 9.04. The molecule has 1 saturated carbocycles. The number of hydrogen-bond acceptors (Lipinski definition) is 2. The summed E-state index contributed by atoms with van der Waals surface area (Å²) in [5, 5.41) is 0.843. The normalized spacial score (nSPS) is 22.2. The van der Waals surface area contributed by atoms with Crippen LogP contribution in [-0.4, -0.2) is 38.1 Å². The molecule has 144 valence electrons. The van der Waals surface area contributed by atoms with E-state index in [1.165, 1.54) is 63.0 Å². The van der Waals surface area contributed by atoms with Crippen LogP contribution in [0.2, 0.25) is 5.02 Å². The van der Waals surface area contributed by atoms with Crippen molar-refractivity contribution in [3.05, 3.63) is 65.2 Å². The summed E-state index contributed by atoms with van der Waals surface area (Å²) in [4.78, 5) is 5.16. The van der Waals surface area contributed by atoms with Crippen molar-refractivity contribution in [2.75, 3.05) is 38.1 Å². The van der Waals surface area contributed by atoms with Crippen molar-refractivity contribution in [3.63, 3.8) is 0 Å². The van der Waals surface area contributed by atoms with Crippen LogP contribution in [0.3, 0.4) is 0 Å². The van der Waals surface area contributed by atoms with Gasteiger partial charge < -0.3 is 9.80 Å². The average Bonchev–Trinajstić information content (AvgIpc) is 2.66. The SMILES string of the molecule is CN(C[C@@H]1CCCN(CC2(c3ccc(Cl)cc3)CCC2)C1)c1ccccc1. The highest BCUT2D eigenvalue weighted by Crippen LogP contribution is 2.45. The van der Waals surface area contributed by atoms with Gasteiger partial charge in [-0.1, -0.05) is 48.4 Å². The predicted octanol–water partition coefficient (Wildman–Crippen LogP) is 5.61. The Bertz CT molecular complexity index is 724. The van der Waals surface area contributed by atoms with Crippen LogP contribution in [0.5, 0.6) is 0 Å². The lowest BCUT2D eigenvalue weighted by molar-refractivity contribution is 0.101. The van der Waals surface area contributed by atoms with Crippen molar-refractivity contribution < 1.29 is 0 Å². The van der Waals surface area contributed by atoms with Gasteiger partial charge in [-0.15, -0.1) is 0 Å². The Labute approximate surface area is 169 Å².